The van der Waals surface area contributed by atoms with Crippen molar-refractivity contribution in [3.8, 4) is 0 Å². The number of carbonyl (C=O) groups excluding carboxylic acids is 1. The molecule has 0 bridgehead atoms. The number of rotatable bonds is 6. The summed E-state index contributed by atoms with van der Waals surface area (Å²) in [5, 5.41) is 14.3. The Kier molecular flexibility index (Phi) is 4.98. The molecule has 2 rings (SSSR count). The van der Waals surface area contributed by atoms with Gasteiger partial charge in [0.15, 0.2) is 0 Å². The maximum atomic E-state index is 11.9. The lowest BCUT2D eigenvalue weighted by Gasteiger charge is -2.14. The van der Waals surface area contributed by atoms with Crippen LogP contribution in [0.5, 0.6) is 0 Å². The Bertz CT molecular complexity index is 550. The summed E-state index contributed by atoms with van der Waals surface area (Å²) in [5.41, 5.74) is 1.36. The summed E-state index contributed by atoms with van der Waals surface area (Å²) in [6.07, 6.45) is 6.12. The molecule has 1 atom stereocenters. The predicted octanol–water partition coefficient (Wildman–Crippen LogP) is 3.09. The molecule has 1 saturated carbocycles. The highest BCUT2D eigenvalue weighted by Gasteiger charge is 2.24. The third-order valence-electron chi connectivity index (χ3n) is 3.32. The van der Waals surface area contributed by atoms with Gasteiger partial charge in [0.05, 0.1) is 0 Å². The second-order valence-corrected chi connectivity index (χ2v) is 5.48. The molecule has 1 fully saturated rings. The van der Waals surface area contributed by atoms with Gasteiger partial charge in [-0.1, -0.05) is 25.0 Å². The third kappa shape index (κ3) is 5.69. The third-order valence-corrected chi connectivity index (χ3v) is 3.32. The van der Waals surface area contributed by atoms with Crippen molar-refractivity contribution in [1.29, 1.82) is 0 Å². The number of hydrogen-bond donors (Lipinski definition) is 3. The maximum absolute atomic E-state index is 11.9. The van der Waals surface area contributed by atoms with Gasteiger partial charge >= 0.3 is 12.0 Å². The van der Waals surface area contributed by atoms with Crippen molar-refractivity contribution in [2.45, 2.75) is 32.2 Å². The minimum Gasteiger partial charge on any atom is -0.478 e. The number of anilines is 1. The Morgan fingerprint density at radius 1 is 1.43 bits per heavy atom. The van der Waals surface area contributed by atoms with Gasteiger partial charge in [0.1, 0.15) is 0 Å². The number of carboxylic acids is 1. The highest BCUT2D eigenvalue weighted by molar-refractivity contribution is 5.90. The summed E-state index contributed by atoms with van der Waals surface area (Å²) in [6.45, 7) is 2.00. The number of carbonyl (C=O) groups is 2. The topological polar surface area (TPSA) is 78.4 Å². The number of aliphatic carboxylic acids is 1. The van der Waals surface area contributed by atoms with Crippen LogP contribution in [0.3, 0.4) is 0 Å². The van der Waals surface area contributed by atoms with Crippen LogP contribution >= 0.6 is 0 Å². The van der Waals surface area contributed by atoms with Crippen molar-refractivity contribution in [2.24, 2.45) is 5.92 Å². The summed E-state index contributed by atoms with van der Waals surface area (Å²) in [7, 11) is 0. The number of nitrogens with one attached hydrogen (secondary N) is 2. The van der Waals surface area contributed by atoms with Crippen LogP contribution in [0.15, 0.2) is 30.3 Å². The quantitative estimate of drug-likeness (QED) is 0.704. The zero-order valence-electron chi connectivity index (χ0n) is 12.0. The SMILES string of the molecule is CC(CC1CC1)NC(=O)Nc1cccc(/C=C/C(=O)O)c1. The molecule has 0 heterocycles. The van der Waals surface area contributed by atoms with Gasteiger partial charge in [-0.25, -0.2) is 9.59 Å². The molecule has 0 spiro atoms. The van der Waals surface area contributed by atoms with Crippen LogP contribution in [0, 0.1) is 5.92 Å². The van der Waals surface area contributed by atoms with Gasteiger partial charge in [-0.3, -0.25) is 0 Å². The molecule has 5 heteroatoms. The summed E-state index contributed by atoms with van der Waals surface area (Å²) >= 11 is 0. The molecule has 0 saturated heterocycles. The van der Waals surface area contributed by atoms with Crippen LogP contribution in [0.4, 0.5) is 10.5 Å². The first-order valence-corrected chi connectivity index (χ1v) is 7.11. The standard InChI is InChI=1S/C16H20N2O3/c1-11(9-13-5-6-13)17-16(21)18-14-4-2-3-12(10-14)7-8-15(19)20/h2-4,7-8,10-11,13H,5-6,9H2,1H3,(H,19,20)(H2,17,18,21)/b8-7+. The summed E-state index contributed by atoms with van der Waals surface area (Å²) in [6, 6.07) is 6.96. The Morgan fingerprint density at radius 2 is 2.19 bits per heavy atom. The second kappa shape index (κ2) is 6.92. The summed E-state index contributed by atoms with van der Waals surface area (Å²) in [4.78, 5) is 22.4. The van der Waals surface area contributed by atoms with Crippen LogP contribution < -0.4 is 10.6 Å². The Labute approximate surface area is 124 Å². The van der Waals surface area contributed by atoms with Crippen molar-refractivity contribution >= 4 is 23.8 Å². The number of benzene rings is 1. The number of hydrogen-bond acceptors (Lipinski definition) is 2. The fourth-order valence-electron chi connectivity index (χ4n) is 2.19. The molecular formula is C16H20N2O3. The predicted molar refractivity (Wildman–Crippen MR) is 82.1 cm³/mol. The number of carboxylic acid groups (broad SMARTS) is 1. The van der Waals surface area contributed by atoms with Gasteiger partial charge in [-0.2, -0.15) is 0 Å². The fourth-order valence-corrected chi connectivity index (χ4v) is 2.19. The molecule has 5 nitrogen and oxygen atoms in total. The van der Waals surface area contributed by atoms with Crippen molar-refractivity contribution in [1.82, 2.24) is 5.32 Å². The molecule has 1 aliphatic rings. The van der Waals surface area contributed by atoms with Crippen LogP contribution in [0.25, 0.3) is 6.08 Å². The molecule has 21 heavy (non-hydrogen) atoms. The van der Waals surface area contributed by atoms with E-state index >= 15 is 0 Å². The fraction of sp³-hybridized carbons (Fsp3) is 0.375. The number of urea groups is 1. The summed E-state index contributed by atoms with van der Waals surface area (Å²) in [5.74, 6) is -0.232. The molecule has 1 aromatic carbocycles. The minimum absolute atomic E-state index is 0.160. The van der Waals surface area contributed by atoms with E-state index in [9.17, 15) is 9.59 Å². The molecule has 1 unspecified atom stereocenters. The average molecular weight is 288 g/mol. The Hall–Kier alpha value is -2.30. The summed E-state index contributed by atoms with van der Waals surface area (Å²) < 4.78 is 0. The molecular weight excluding hydrogens is 268 g/mol. The van der Waals surface area contributed by atoms with E-state index in [1.54, 1.807) is 24.3 Å². The maximum Gasteiger partial charge on any atom is 0.328 e. The van der Waals surface area contributed by atoms with Crippen molar-refractivity contribution < 1.29 is 14.7 Å². The van der Waals surface area contributed by atoms with Gasteiger partial charge in [-0.05, 0) is 43.0 Å². The van der Waals surface area contributed by atoms with Gasteiger partial charge in [0.2, 0.25) is 0 Å². The lowest BCUT2D eigenvalue weighted by atomic mass is 10.1. The molecule has 0 aliphatic heterocycles. The van der Waals surface area contributed by atoms with E-state index in [1.807, 2.05) is 6.92 Å². The van der Waals surface area contributed by atoms with Gasteiger partial charge in [0.25, 0.3) is 0 Å². The second-order valence-electron chi connectivity index (χ2n) is 5.48. The molecule has 1 aromatic rings. The van der Waals surface area contributed by atoms with Crippen LogP contribution in [-0.2, 0) is 4.79 Å². The van der Waals surface area contributed by atoms with E-state index in [0.29, 0.717) is 5.69 Å². The monoisotopic (exact) mass is 288 g/mol. The Morgan fingerprint density at radius 3 is 2.86 bits per heavy atom. The highest BCUT2D eigenvalue weighted by Crippen LogP contribution is 2.33. The lowest BCUT2D eigenvalue weighted by Crippen LogP contribution is -2.36. The lowest BCUT2D eigenvalue weighted by molar-refractivity contribution is -0.131. The van der Waals surface area contributed by atoms with Gasteiger partial charge < -0.3 is 15.7 Å². The normalized spacial score (nSPS) is 15.7. The first-order chi connectivity index (χ1) is 10.0. The minimum atomic E-state index is -1.000. The van der Waals surface area contributed by atoms with E-state index in [1.165, 1.54) is 18.9 Å². The Balaban J connectivity index is 1.87. The van der Waals surface area contributed by atoms with Crippen molar-refractivity contribution in [2.75, 3.05) is 5.32 Å². The molecule has 112 valence electrons. The van der Waals surface area contributed by atoms with Gasteiger partial charge in [0, 0.05) is 17.8 Å². The molecule has 3 N–H and O–H groups in total. The van der Waals surface area contributed by atoms with Crippen molar-refractivity contribution in [3.63, 3.8) is 0 Å². The van der Waals surface area contributed by atoms with E-state index < -0.39 is 5.97 Å². The zero-order valence-corrected chi connectivity index (χ0v) is 12.0. The van der Waals surface area contributed by atoms with E-state index in [4.69, 9.17) is 5.11 Å². The molecule has 2 amide bonds. The highest BCUT2D eigenvalue weighted by atomic mass is 16.4. The molecule has 0 radical (unpaired) electrons. The van der Waals surface area contributed by atoms with Crippen LogP contribution in [-0.4, -0.2) is 23.1 Å². The van der Waals surface area contributed by atoms with E-state index in [2.05, 4.69) is 10.6 Å². The molecule has 1 aliphatic carbocycles. The van der Waals surface area contributed by atoms with Crippen LogP contribution in [0.2, 0.25) is 0 Å². The van der Waals surface area contributed by atoms with Crippen LogP contribution in [0.1, 0.15) is 31.7 Å². The smallest absolute Gasteiger partial charge is 0.328 e. The zero-order chi connectivity index (χ0) is 15.2. The van der Waals surface area contributed by atoms with E-state index in [0.717, 1.165) is 24.0 Å². The average Bonchev–Trinajstić information content (AvgIpc) is 3.20. The van der Waals surface area contributed by atoms with Crippen molar-refractivity contribution in [3.05, 3.63) is 35.9 Å². The van der Waals surface area contributed by atoms with Gasteiger partial charge in [-0.15, -0.1) is 0 Å². The molecule has 0 aromatic heterocycles. The van der Waals surface area contributed by atoms with E-state index in [-0.39, 0.29) is 12.1 Å². The number of amides is 2. The first kappa shape index (κ1) is 15.1. The largest absolute Gasteiger partial charge is 0.478 e. The first-order valence-electron chi connectivity index (χ1n) is 7.11.